The van der Waals surface area contributed by atoms with Gasteiger partial charge in [0.05, 0.1) is 16.8 Å². The smallest absolute Gasteiger partial charge is 0.317 e. The van der Waals surface area contributed by atoms with E-state index in [1.807, 2.05) is 41.3 Å². The number of benzene rings is 2. The largest absolute Gasteiger partial charge is 0.334 e. The van der Waals surface area contributed by atoms with E-state index in [-0.39, 0.29) is 6.03 Å². The van der Waals surface area contributed by atoms with Gasteiger partial charge in [0.25, 0.3) is 0 Å². The highest BCUT2D eigenvalue weighted by Crippen LogP contribution is 2.23. The van der Waals surface area contributed by atoms with E-state index >= 15 is 0 Å². The van der Waals surface area contributed by atoms with Crippen LogP contribution in [0.2, 0.25) is 0 Å². The van der Waals surface area contributed by atoms with Gasteiger partial charge in [-0.15, -0.1) is 11.3 Å². The number of piperazine rings is 1. The van der Waals surface area contributed by atoms with Gasteiger partial charge in [-0.2, -0.15) is 0 Å². The number of carbonyl (C=O) groups is 1. The lowest BCUT2D eigenvalue weighted by atomic mass is 10.2. The molecular weight excluding hydrogens is 344 g/mol. The Morgan fingerprint density at radius 3 is 2.50 bits per heavy atom. The molecule has 4 rings (SSSR count). The van der Waals surface area contributed by atoms with E-state index in [1.54, 1.807) is 11.3 Å². The van der Waals surface area contributed by atoms with Gasteiger partial charge in [0, 0.05) is 32.7 Å². The molecule has 0 radical (unpaired) electrons. The van der Waals surface area contributed by atoms with Crippen LogP contribution in [0.3, 0.4) is 0 Å². The van der Waals surface area contributed by atoms with Crippen LogP contribution in [-0.2, 0) is 13.1 Å². The van der Waals surface area contributed by atoms with E-state index in [1.165, 1.54) is 4.70 Å². The van der Waals surface area contributed by atoms with E-state index in [0.717, 1.165) is 48.8 Å². The number of amides is 2. The molecule has 1 saturated heterocycles. The van der Waals surface area contributed by atoms with Crippen molar-refractivity contribution in [2.24, 2.45) is 0 Å². The highest BCUT2D eigenvalue weighted by atomic mass is 32.1. The number of para-hydroxylation sites is 1. The molecule has 0 saturated carbocycles. The van der Waals surface area contributed by atoms with E-state index in [0.29, 0.717) is 6.54 Å². The predicted molar refractivity (Wildman–Crippen MR) is 105 cm³/mol. The Hall–Kier alpha value is -2.44. The van der Waals surface area contributed by atoms with Crippen molar-refractivity contribution in [2.75, 3.05) is 26.2 Å². The third-order valence-corrected chi connectivity index (χ3v) is 5.66. The molecule has 0 unspecified atom stereocenters. The summed E-state index contributed by atoms with van der Waals surface area (Å²) in [5.74, 6) is 0. The topological polar surface area (TPSA) is 48.5 Å². The van der Waals surface area contributed by atoms with Crippen molar-refractivity contribution in [3.8, 4) is 0 Å². The summed E-state index contributed by atoms with van der Waals surface area (Å²) in [5, 5.41) is 4.16. The lowest BCUT2D eigenvalue weighted by Crippen LogP contribution is -2.51. The molecule has 1 aromatic heterocycles. The normalized spacial score (nSPS) is 15.3. The maximum absolute atomic E-state index is 12.3. The lowest BCUT2D eigenvalue weighted by Gasteiger charge is -2.34. The summed E-state index contributed by atoms with van der Waals surface area (Å²) in [7, 11) is 0. The molecule has 2 heterocycles. The van der Waals surface area contributed by atoms with Gasteiger partial charge in [-0.3, -0.25) is 4.90 Å². The van der Waals surface area contributed by atoms with E-state index in [4.69, 9.17) is 4.98 Å². The Morgan fingerprint density at radius 1 is 1.00 bits per heavy atom. The van der Waals surface area contributed by atoms with Crippen molar-refractivity contribution in [2.45, 2.75) is 13.1 Å². The summed E-state index contributed by atoms with van der Waals surface area (Å²) in [6.07, 6.45) is 0. The van der Waals surface area contributed by atoms with E-state index < -0.39 is 0 Å². The zero-order valence-electron chi connectivity index (χ0n) is 14.6. The van der Waals surface area contributed by atoms with Crippen LogP contribution in [0.1, 0.15) is 10.6 Å². The molecule has 1 N–H and O–H groups in total. The third kappa shape index (κ3) is 4.03. The number of carbonyl (C=O) groups excluding carboxylic acids is 1. The molecule has 0 aliphatic carbocycles. The first-order chi connectivity index (χ1) is 12.8. The summed E-state index contributed by atoms with van der Waals surface area (Å²) in [5.41, 5.74) is 2.20. The van der Waals surface area contributed by atoms with Gasteiger partial charge in [0.15, 0.2) is 0 Å². The molecule has 0 atom stereocenters. The van der Waals surface area contributed by atoms with Crippen LogP contribution in [0.25, 0.3) is 10.2 Å². The van der Waals surface area contributed by atoms with Gasteiger partial charge in [-0.1, -0.05) is 42.5 Å². The molecule has 0 bridgehead atoms. The van der Waals surface area contributed by atoms with Gasteiger partial charge in [0.2, 0.25) is 0 Å². The number of hydrogen-bond acceptors (Lipinski definition) is 4. The number of thiazole rings is 1. The Kier molecular flexibility index (Phi) is 5.13. The number of urea groups is 1. The van der Waals surface area contributed by atoms with Gasteiger partial charge in [-0.25, -0.2) is 9.78 Å². The van der Waals surface area contributed by atoms with Gasteiger partial charge in [0.1, 0.15) is 5.01 Å². The number of fused-ring (bicyclic) bond motifs is 1. The van der Waals surface area contributed by atoms with Crippen molar-refractivity contribution < 1.29 is 4.79 Å². The number of nitrogens with zero attached hydrogens (tertiary/aromatic N) is 3. The van der Waals surface area contributed by atoms with Gasteiger partial charge < -0.3 is 10.2 Å². The summed E-state index contributed by atoms with van der Waals surface area (Å²) in [6, 6.07) is 18.3. The fourth-order valence-electron chi connectivity index (χ4n) is 3.17. The summed E-state index contributed by atoms with van der Waals surface area (Å²) >= 11 is 1.76. The van der Waals surface area contributed by atoms with Gasteiger partial charge >= 0.3 is 6.03 Å². The second kappa shape index (κ2) is 7.85. The third-order valence-electron chi connectivity index (χ3n) is 4.64. The van der Waals surface area contributed by atoms with Crippen LogP contribution in [0, 0.1) is 0 Å². The van der Waals surface area contributed by atoms with Crippen molar-refractivity contribution in [3.63, 3.8) is 0 Å². The first-order valence-electron chi connectivity index (χ1n) is 8.91. The maximum Gasteiger partial charge on any atom is 0.317 e. The van der Waals surface area contributed by atoms with Crippen LogP contribution >= 0.6 is 11.3 Å². The summed E-state index contributed by atoms with van der Waals surface area (Å²) in [6.45, 7) is 4.71. The minimum absolute atomic E-state index is 0.0218. The van der Waals surface area contributed by atoms with E-state index in [9.17, 15) is 4.79 Å². The SMILES string of the molecule is O=C(NCc1ccccc1)N1CCN(Cc2nc3ccccc3s2)CC1. The first kappa shape index (κ1) is 17.0. The van der Waals surface area contributed by atoms with E-state index in [2.05, 4.69) is 28.4 Å². The molecule has 1 aliphatic heterocycles. The fourth-order valence-corrected chi connectivity index (χ4v) is 4.18. The fraction of sp³-hybridized carbons (Fsp3) is 0.300. The molecule has 3 aromatic rings. The average Bonchev–Trinajstić information content (AvgIpc) is 3.10. The Labute approximate surface area is 157 Å². The number of hydrogen-bond donors (Lipinski definition) is 1. The van der Waals surface area contributed by atoms with Crippen LogP contribution in [0.4, 0.5) is 4.79 Å². The van der Waals surface area contributed by atoms with Crippen LogP contribution in [0.5, 0.6) is 0 Å². The Balaban J connectivity index is 1.26. The molecule has 1 fully saturated rings. The van der Waals surface area contributed by atoms with Crippen molar-refractivity contribution in [1.29, 1.82) is 0 Å². The molecule has 6 heteroatoms. The zero-order valence-corrected chi connectivity index (χ0v) is 15.4. The van der Waals surface area contributed by atoms with Crippen LogP contribution in [-0.4, -0.2) is 47.0 Å². The molecule has 1 aliphatic rings. The highest BCUT2D eigenvalue weighted by molar-refractivity contribution is 7.18. The van der Waals surface area contributed by atoms with Crippen molar-refractivity contribution >= 4 is 27.6 Å². The predicted octanol–water partition coefficient (Wildman–Crippen LogP) is 3.32. The summed E-state index contributed by atoms with van der Waals surface area (Å²) in [4.78, 5) is 21.3. The second-order valence-corrected chi connectivity index (χ2v) is 7.60. The zero-order chi connectivity index (χ0) is 17.8. The first-order valence-corrected chi connectivity index (χ1v) is 9.73. The standard InChI is InChI=1S/C20H22N4OS/c25-20(21-14-16-6-2-1-3-7-16)24-12-10-23(11-13-24)15-19-22-17-8-4-5-9-18(17)26-19/h1-9H,10-15H2,(H,21,25). The molecule has 2 amide bonds. The van der Waals surface area contributed by atoms with Crippen LogP contribution in [0.15, 0.2) is 54.6 Å². The Bertz CT molecular complexity index is 839. The number of nitrogens with one attached hydrogen (secondary N) is 1. The maximum atomic E-state index is 12.3. The molecule has 2 aromatic carbocycles. The lowest BCUT2D eigenvalue weighted by molar-refractivity contribution is 0.135. The molecule has 134 valence electrons. The molecule has 5 nitrogen and oxygen atoms in total. The Morgan fingerprint density at radius 2 is 1.73 bits per heavy atom. The highest BCUT2D eigenvalue weighted by Gasteiger charge is 2.21. The van der Waals surface area contributed by atoms with Gasteiger partial charge in [-0.05, 0) is 17.7 Å². The number of rotatable bonds is 4. The second-order valence-electron chi connectivity index (χ2n) is 6.48. The monoisotopic (exact) mass is 366 g/mol. The number of aromatic nitrogens is 1. The summed E-state index contributed by atoms with van der Waals surface area (Å²) < 4.78 is 1.24. The average molecular weight is 366 g/mol. The minimum atomic E-state index is 0.0218. The molecule has 26 heavy (non-hydrogen) atoms. The molecule has 0 spiro atoms. The van der Waals surface area contributed by atoms with Crippen LogP contribution < -0.4 is 5.32 Å². The molecular formula is C20H22N4OS. The van der Waals surface area contributed by atoms with Crippen molar-refractivity contribution in [3.05, 3.63) is 65.2 Å². The minimum Gasteiger partial charge on any atom is -0.334 e. The van der Waals surface area contributed by atoms with Crippen molar-refractivity contribution in [1.82, 2.24) is 20.1 Å². The quantitative estimate of drug-likeness (QED) is 0.771.